The van der Waals surface area contributed by atoms with Crippen molar-refractivity contribution < 1.29 is 24.4 Å². The van der Waals surface area contributed by atoms with Gasteiger partial charge >= 0.3 is 11.8 Å². The van der Waals surface area contributed by atoms with E-state index in [1.54, 1.807) is 12.2 Å². The molecule has 4 aliphatic carbocycles. The van der Waals surface area contributed by atoms with Gasteiger partial charge in [0.05, 0.1) is 17.7 Å². The van der Waals surface area contributed by atoms with E-state index in [2.05, 4.69) is 25.8 Å². The molecule has 0 bridgehead atoms. The fourth-order valence-electron chi connectivity index (χ4n) is 7.73. The minimum atomic E-state index is -0.635. The Kier molecular flexibility index (Phi) is 5.28. The summed E-state index contributed by atoms with van der Waals surface area (Å²) in [5, 5.41) is 22.5. The molecule has 4 aliphatic rings. The molecule has 1 N–H and O–H groups in total. The van der Waals surface area contributed by atoms with Gasteiger partial charge in [0.15, 0.2) is 5.78 Å². The van der Waals surface area contributed by atoms with Gasteiger partial charge in [-0.05, 0) is 71.6 Å². The van der Waals surface area contributed by atoms with Gasteiger partial charge < -0.3 is 20.0 Å². The van der Waals surface area contributed by atoms with Crippen LogP contribution in [-0.4, -0.2) is 39.0 Å². The normalized spacial score (nSPS) is 40.6. The quantitative estimate of drug-likeness (QED) is 0.405. The zero-order valence-corrected chi connectivity index (χ0v) is 19.6. The Hall–Kier alpha value is -2.87. The van der Waals surface area contributed by atoms with E-state index in [9.17, 15) is 24.8 Å². The molecular weight excluding hydrogens is 436 g/mol. The summed E-state index contributed by atoms with van der Waals surface area (Å²) in [5.41, 5.74) is 0.468. The predicted octanol–water partition coefficient (Wildman–Crippen LogP) is 4.04. The second-order valence-corrected chi connectivity index (χ2v) is 11.0. The molecule has 1 heterocycles. The SMILES string of the molecule is CC1CC2C3CCC4=CC(=O)C=CC4(C)C3C(O)CC2(C)C1OC(=O)c1ccnc([N+](=O)[O-])c1. The number of aliphatic hydroxyl groups is 1. The van der Waals surface area contributed by atoms with E-state index in [-0.39, 0.29) is 40.4 Å². The molecule has 34 heavy (non-hydrogen) atoms. The van der Waals surface area contributed by atoms with Crippen molar-refractivity contribution in [3.63, 3.8) is 0 Å². The van der Waals surface area contributed by atoms with Crippen LogP contribution in [0.25, 0.3) is 0 Å². The van der Waals surface area contributed by atoms with Crippen LogP contribution in [0, 0.1) is 44.6 Å². The van der Waals surface area contributed by atoms with Gasteiger partial charge in [-0.1, -0.05) is 32.4 Å². The third-order valence-electron chi connectivity index (χ3n) is 9.13. The largest absolute Gasteiger partial charge is 0.458 e. The average molecular weight is 467 g/mol. The highest BCUT2D eigenvalue weighted by atomic mass is 16.6. The number of hydrogen-bond donors (Lipinski definition) is 1. The van der Waals surface area contributed by atoms with Crippen LogP contribution in [0.5, 0.6) is 0 Å². The third kappa shape index (κ3) is 3.34. The lowest BCUT2D eigenvalue weighted by atomic mass is 9.47. The predicted molar refractivity (Wildman–Crippen MR) is 123 cm³/mol. The van der Waals surface area contributed by atoms with E-state index in [4.69, 9.17) is 4.74 Å². The Bertz CT molecular complexity index is 1130. The molecule has 0 radical (unpaired) electrons. The van der Waals surface area contributed by atoms with Gasteiger partial charge in [0.2, 0.25) is 0 Å². The standard InChI is InChI=1S/C26H30N2O6/c1-14-10-19-18-5-4-16-12-17(29)6-8-25(16,2)22(18)20(30)13-26(19,3)23(14)34-24(31)15-7-9-27-21(11-15)28(32)33/h6-9,11-12,14,18-20,22-23,30H,4-5,10,13H2,1-3H3. The highest BCUT2D eigenvalue weighted by Crippen LogP contribution is 2.65. The summed E-state index contributed by atoms with van der Waals surface area (Å²) >= 11 is 0. The number of carbonyl (C=O) groups excluding carboxylic acids is 2. The fourth-order valence-corrected chi connectivity index (χ4v) is 7.73. The minimum absolute atomic E-state index is 0.0128. The highest BCUT2D eigenvalue weighted by molar-refractivity contribution is 6.01. The number of pyridine rings is 1. The third-order valence-corrected chi connectivity index (χ3v) is 9.13. The first-order chi connectivity index (χ1) is 16.0. The van der Waals surface area contributed by atoms with E-state index in [0.29, 0.717) is 6.42 Å². The van der Waals surface area contributed by atoms with Gasteiger partial charge in [0.25, 0.3) is 0 Å². The first kappa shape index (κ1) is 22.9. The lowest BCUT2D eigenvalue weighted by Crippen LogP contribution is -2.57. The summed E-state index contributed by atoms with van der Waals surface area (Å²) in [5.74, 6) is -0.359. The number of aliphatic hydroxyl groups excluding tert-OH is 1. The van der Waals surface area contributed by atoms with Gasteiger partial charge in [-0.3, -0.25) is 4.79 Å². The van der Waals surface area contributed by atoms with Crippen molar-refractivity contribution in [1.29, 1.82) is 0 Å². The fraction of sp³-hybridized carbons (Fsp3) is 0.577. The van der Waals surface area contributed by atoms with Crippen LogP contribution in [0.2, 0.25) is 0 Å². The Morgan fingerprint density at radius 2 is 2.12 bits per heavy atom. The van der Waals surface area contributed by atoms with Crippen LogP contribution < -0.4 is 0 Å². The summed E-state index contributed by atoms with van der Waals surface area (Å²) in [4.78, 5) is 39.1. The van der Waals surface area contributed by atoms with Crippen molar-refractivity contribution in [2.75, 3.05) is 0 Å². The minimum Gasteiger partial charge on any atom is -0.458 e. The van der Waals surface area contributed by atoms with Gasteiger partial charge in [-0.15, -0.1) is 0 Å². The number of carbonyl (C=O) groups is 2. The van der Waals surface area contributed by atoms with Gasteiger partial charge in [-0.25, -0.2) is 4.79 Å². The smallest absolute Gasteiger partial charge is 0.364 e. The zero-order chi connectivity index (χ0) is 24.4. The molecule has 0 aromatic carbocycles. The first-order valence-electron chi connectivity index (χ1n) is 12.0. The molecular formula is C26H30N2O6. The molecule has 0 aliphatic heterocycles. The van der Waals surface area contributed by atoms with Crippen LogP contribution in [0.4, 0.5) is 5.82 Å². The number of hydrogen-bond acceptors (Lipinski definition) is 7. The molecule has 8 unspecified atom stereocenters. The molecule has 3 saturated carbocycles. The second-order valence-electron chi connectivity index (χ2n) is 11.0. The van der Waals surface area contributed by atoms with Gasteiger partial charge in [0.1, 0.15) is 12.3 Å². The summed E-state index contributed by atoms with van der Waals surface area (Å²) in [6.07, 6.45) is 8.71. The number of nitro groups is 1. The average Bonchev–Trinajstić information content (AvgIpc) is 3.03. The van der Waals surface area contributed by atoms with Crippen molar-refractivity contribution in [3.05, 3.63) is 57.8 Å². The van der Waals surface area contributed by atoms with Crippen LogP contribution in [-0.2, 0) is 9.53 Å². The number of esters is 1. The maximum atomic E-state index is 13.0. The molecule has 8 nitrogen and oxygen atoms in total. The monoisotopic (exact) mass is 466 g/mol. The molecule has 8 atom stereocenters. The molecule has 0 spiro atoms. The molecule has 3 fully saturated rings. The van der Waals surface area contributed by atoms with Crippen LogP contribution in [0.3, 0.4) is 0 Å². The number of nitrogens with zero attached hydrogens (tertiary/aromatic N) is 2. The van der Waals surface area contributed by atoms with Crippen molar-refractivity contribution >= 4 is 17.6 Å². The molecule has 1 aromatic heterocycles. The Labute approximate surface area is 198 Å². The Morgan fingerprint density at radius 1 is 1.35 bits per heavy atom. The van der Waals surface area contributed by atoms with E-state index in [0.717, 1.165) is 30.9 Å². The maximum absolute atomic E-state index is 13.0. The van der Waals surface area contributed by atoms with Crippen molar-refractivity contribution in [3.8, 4) is 0 Å². The summed E-state index contributed by atoms with van der Waals surface area (Å²) in [6, 6.07) is 2.56. The number of ether oxygens (including phenoxy) is 1. The number of ketones is 1. The van der Waals surface area contributed by atoms with E-state index in [1.165, 1.54) is 12.3 Å². The zero-order valence-electron chi connectivity index (χ0n) is 19.6. The first-order valence-corrected chi connectivity index (χ1v) is 12.0. The van der Waals surface area contributed by atoms with Crippen molar-refractivity contribution in [2.24, 2.45) is 34.5 Å². The van der Waals surface area contributed by atoms with Crippen LogP contribution >= 0.6 is 0 Å². The molecule has 5 rings (SSSR count). The number of aromatic nitrogens is 1. The molecule has 180 valence electrons. The van der Waals surface area contributed by atoms with Crippen LogP contribution in [0.15, 0.2) is 42.1 Å². The van der Waals surface area contributed by atoms with E-state index < -0.39 is 34.3 Å². The summed E-state index contributed by atoms with van der Waals surface area (Å²) in [7, 11) is 0. The lowest BCUT2D eigenvalue weighted by molar-refractivity contribution is -0.389. The van der Waals surface area contributed by atoms with Crippen molar-refractivity contribution in [2.45, 2.75) is 58.7 Å². The van der Waals surface area contributed by atoms with E-state index >= 15 is 0 Å². The Morgan fingerprint density at radius 3 is 2.85 bits per heavy atom. The van der Waals surface area contributed by atoms with Crippen molar-refractivity contribution in [1.82, 2.24) is 4.98 Å². The van der Waals surface area contributed by atoms with Gasteiger partial charge in [0, 0.05) is 16.7 Å². The summed E-state index contributed by atoms with van der Waals surface area (Å²) in [6.45, 7) is 6.32. The second kappa shape index (κ2) is 7.83. The maximum Gasteiger partial charge on any atom is 0.364 e. The summed E-state index contributed by atoms with van der Waals surface area (Å²) < 4.78 is 6.02. The van der Waals surface area contributed by atoms with Gasteiger partial charge in [-0.2, -0.15) is 0 Å². The topological polar surface area (TPSA) is 120 Å². The molecule has 8 heteroatoms. The van der Waals surface area contributed by atoms with Crippen LogP contribution in [0.1, 0.15) is 56.8 Å². The van der Waals surface area contributed by atoms with E-state index in [1.807, 2.05) is 6.08 Å². The number of rotatable bonds is 3. The Balaban J connectivity index is 1.43. The molecule has 1 aromatic rings. The number of allylic oxidation sites excluding steroid dienone is 4. The molecule has 0 saturated heterocycles. The molecule has 0 amide bonds. The number of fused-ring (bicyclic) bond motifs is 5. The highest BCUT2D eigenvalue weighted by Gasteiger charge is 2.64. The lowest BCUT2D eigenvalue weighted by Gasteiger charge is -2.58.